The molecule has 1 rings (SSSR count). The van der Waals surface area contributed by atoms with Crippen LogP contribution in [0.2, 0.25) is 0 Å². The summed E-state index contributed by atoms with van der Waals surface area (Å²) in [4.78, 5) is 13.5. The Bertz CT molecular complexity index is 392. The van der Waals surface area contributed by atoms with E-state index >= 15 is 0 Å². The maximum absolute atomic E-state index is 10.9. The molecule has 4 heteroatoms. The zero-order valence-corrected chi connectivity index (χ0v) is 7.35. The number of hydrogen-bond donors (Lipinski definition) is 3. The Balaban J connectivity index is 3.15. The molecule has 4 nitrogen and oxygen atoms in total. The maximum Gasteiger partial charge on any atom is 0.249 e. The highest BCUT2D eigenvalue weighted by atomic mass is 16.1. The summed E-state index contributed by atoms with van der Waals surface area (Å²) >= 11 is 0. The first-order valence-electron chi connectivity index (χ1n) is 3.80. The first-order chi connectivity index (χ1) is 6.13. The van der Waals surface area contributed by atoms with Crippen molar-refractivity contribution in [3.63, 3.8) is 0 Å². The third kappa shape index (κ3) is 2.30. The fourth-order valence-corrected chi connectivity index (χ4v) is 0.923. The van der Waals surface area contributed by atoms with Crippen molar-refractivity contribution in [3.8, 4) is 0 Å². The Morgan fingerprint density at radius 3 is 2.92 bits per heavy atom. The van der Waals surface area contributed by atoms with Crippen molar-refractivity contribution in [1.29, 1.82) is 5.41 Å². The molecular weight excluding hydrogens is 166 g/mol. The molecule has 0 aliphatic heterocycles. The molecule has 13 heavy (non-hydrogen) atoms. The molecule has 0 aromatic carbocycles. The number of hydrogen-bond acceptors (Lipinski definition) is 3. The second-order valence-corrected chi connectivity index (χ2v) is 2.70. The van der Waals surface area contributed by atoms with Crippen molar-refractivity contribution >= 4 is 12.0 Å². The molecule has 1 aromatic heterocycles. The zero-order valence-electron chi connectivity index (χ0n) is 7.35. The minimum atomic E-state index is -0.200. The Morgan fingerprint density at radius 2 is 2.38 bits per heavy atom. The van der Waals surface area contributed by atoms with E-state index < -0.39 is 0 Å². The molecule has 0 aliphatic rings. The van der Waals surface area contributed by atoms with Gasteiger partial charge < -0.3 is 15.7 Å². The molecular formula is C9H11N3O. The largest absolute Gasteiger partial charge is 0.346 e. The van der Waals surface area contributed by atoms with Gasteiger partial charge in [0.25, 0.3) is 0 Å². The highest BCUT2D eigenvalue weighted by Gasteiger charge is 1.99. The molecule has 0 spiro atoms. The number of H-pyrrole nitrogens is 1. The van der Waals surface area contributed by atoms with Crippen LogP contribution in [0.25, 0.3) is 0 Å². The Hall–Kier alpha value is -1.84. The summed E-state index contributed by atoms with van der Waals surface area (Å²) in [6.07, 6.45) is 1.17. The van der Waals surface area contributed by atoms with E-state index in [-0.39, 0.29) is 5.56 Å². The van der Waals surface area contributed by atoms with Crippen molar-refractivity contribution in [2.24, 2.45) is 0 Å². The van der Waals surface area contributed by atoms with Crippen molar-refractivity contribution in [2.75, 3.05) is 5.32 Å². The van der Waals surface area contributed by atoms with E-state index in [1.807, 2.05) is 0 Å². The number of nitrogens with one attached hydrogen (secondary N) is 3. The third-order valence-corrected chi connectivity index (χ3v) is 1.45. The highest BCUT2D eigenvalue weighted by molar-refractivity contribution is 5.84. The Kier molecular flexibility index (Phi) is 2.64. The number of anilines is 1. The van der Waals surface area contributed by atoms with Gasteiger partial charge in [-0.15, -0.1) is 0 Å². The van der Waals surface area contributed by atoms with Crippen LogP contribution < -0.4 is 10.9 Å². The summed E-state index contributed by atoms with van der Waals surface area (Å²) in [5.41, 5.74) is 1.14. The average molecular weight is 177 g/mol. The quantitative estimate of drug-likeness (QED) is 0.609. The van der Waals surface area contributed by atoms with Gasteiger partial charge in [0.05, 0.1) is 0 Å². The van der Waals surface area contributed by atoms with E-state index in [9.17, 15) is 4.79 Å². The zero-order chi connectivity index (χ0) is 9.84. The average Bonchev–Trinajstić information content (AvgIpc) is 2.03. The standard InChI is InChI=1S/C9H11N3O/c1-6(2)11-9-7(5-10)3-4-8(13)12-9/h3-5,10H,1H2,2H3,(H2,11,12,13). The van der Waals surface area contributed by atoms with E-state index in [0.717, 1.165) is 0 Å². The first-order valence-corrected chi connectivity index (χ1v) is 3.80. The third-order valence-electron chi connectivity index (χ3n) is 1.45. The van der Waals surface area contributed by atoms with Crippen molar-refractivity contribution in [3.05, 3.63) is 40.3 Å². The fraction of sp³-hybridized carbons (Fsp3) is 0.111. The molecule has 0 saturated heterocycles. The predicted octanol–water partition coefficient (Wildman–Crippen LogP) is 1.32. The summed E-state index contributed by atoms with van der Waals surface area (Å²) in [5.74, 6) is 0.509. The van der Waals surface area contributed by atoms with E-state index in [0.29, 0.717) is 17.1 Å². The van der Waals surface area contributed by atoms with Crippen molar-refractivity contribution in [1.82, 2.24) is 4.98 Å². The van der Waals surface area contributed by atoms with Gasteiger partial charge in [-0.2, -0.15) is 0 Å². The normalized spacial score (nSPS) is 9.31. The van der Waals surface area contributed by atoms with Gasteiger partial charge in [0.15, 0.2) is 0 Å². The van der Waals surface area contributed by atoms with Gasteiger partial charge in [-0.1, -0.05) is 6.58 Å². The molecule has 68 valence electrons. The van der Waals surface area contributed by atoms with E-state index in [4.69, 9.17) is 5.41 Å². The van der Waals surface area contributed by atoms with E-state index in [2.05, 4.69) is 16.9 Å². The van der Waals surface area contributed by atoms with Crippen LogP contribution in [-0.4, -0.2) is 11.2 Å². The monoisotopic (exact) mass is 177 g/mol. The number of rotatable bonds is 3. The minimum Gasteiger partial charge on any atom is -0.346 e. The minimum absolute atomic E-state index is 0.200. The summed E-state index contributed by atoms with van der Waals surface area (Å²) in [6.45, 7) is 5.42. The summed E-state index contributed by atoms with van der Waals surface area (Å²) < 4.78 is 0. The molecule has 1 heterocycles. The molecule has 0 saturated carbocycles. The lowest BCUT2D eigenvalue weighted by Crippen LogP contribution is -2.10. The molecule has 1 aromatic rings. The van der Waals surface area contributed by atoms with Crippen LogP contribution in [0.1, 0.15) is 12.5 Å². The van der Waals surface area contributed by atoms with E-state index in [1.165, 1.54) is 12.3 Å². The fourth-order valence-electron chi connectivity index (χ4n) is 0.923. The van der Waals surface area contributed by atoms with Crippen LogP contribution in [0.3, 0.4) is 0 Å². The van der Waals surface area contributed by atoms with Crippen LogP contribution in [-0.2, 0) is 0 Å². The van der Waals surface area contributed by atoms with Crippen LogP contribution >= 0.6 is 0 Å². The lowest BCUT2D eigenvalue weighted by molar-refractivity contribution is 1.20. The smallest absolute Gasteiger partial charge is 0.249 e. The van der Waals surface area contributed by atoms with Crippen LogP contribution in [0.15, 0.2) is 29.2 Å². The van der Waals surface area contributed by atoms with Gasteiger partial charge in [-0.25, -0.2) is 0 Å². The molecule has 0 radical (unpaired) electrons. The van der Waals surface area contributed by atoms with Gasteiger partial charge in [0.1, 0.15) is 5.82 Å². The van der Waals surface area contributed by atoms with Crippen LogP contribution in [0, 0.1) is 5.41 Å². The summed E-state index contributed by atoms with van der Waals surface area (Å²) in [6, 6.07) is 2.96. The Morgan fingerprint density at radius 1 is 1.69 bits per heavy atom. The molecule has 0 atom stereocenters. The van der Waals surface area contributed by atoms with Crippen LogP contribution in [0.5, 0.6) is 0 Å². The topological polar surface area (TPSA) is 68.7 Å². The SMILES string of the molecule is C=C(C)Nc1[nH]c(=O)ccc1C=N. The van der Waals surface area contributed by atoms with Crippen LogP contribution in [0.4, 0.5) is 5.82 Å². The molecule has 0 aliphatic carbocycles. The van der Waals surface area contributed by atoms with Gasteiger partial charge in [0, 0.05) is 23.5 Å². The number of aromatic amines is 1. The first kappa shape index (κ1) is 9.25. The summed E-state index contributed by atoms with van der Waals surface area (Å²) in [5, 5.41) is 9.95. The lowest BCUT2D eigenvalue weighted by atomic mass is 10.2. The van der Waals surface area contributed by atoms with Gasteiger partial charge in [-0.3, -0.25) is 4.79 Å². The molecule has 0 fully saturated rings. The Labute approximate surface area is 75.8 Å². The summed E-state index contributed by atoms with van der Waals surface area (Å²) in [7, 11) is 0. The molecule has 0 amide bonds. The van der Waals surface area contributed by atoms with Crippen molar-refractivity contribution < 1.29 is 0 Å². The lowest BCUT2D eigenvalue weighted by Gasteiger charge is -2.06. The van der Waals surface area contributed by atoms with Gasteiger partial charge >= 0.3 is 0 Å². The number of allylic oxidation sites excluding steroid dienone is 1. The number of aromatic nitrogens is 1. The number of pyridine rings is 1. The highest BCUT2D eigenvalue weighted by Crippen LogP contribution is 2.08. The second kappa shape index (κ2) is 3.71. The maximum atomic E-state index is 10.9. The molecule has 0 bridgehead atoms. The second-order valence-electron chi connectivity index (χ2n) is 2.70. The molecule has 3 N–H and O–H groups in total. The molecule has 0 unspecified atom stereocenters. The van der Waals surface area contributed by atoms with E-state index in [1.54, 1.807) is 13.0 Å². The van der Waals surface area contributed by atoms with Gasteiger partial charge in [0.2, 0.25) is 5.56 Å². The van der Waals surface area contributed by atoms with Gasteiger partial charge in [-0.05, 0) is 13.0 Å². The predicted molar refractivity (Wildman–Crippen MR) is 53.4 cm³/mol. The van der Waals surface area contributed by atoms with Crippen molar-refractivity contribution in [2.45, 2.75) is 6.92 Å².